The molecule has 0 saturated carbocycles. The molecule has 0 spiro atoms. The number of aromatic carboxylic acids is 2. The maximum absolute atomic E-state index is 12.5. The van der Waals surface area contributed by atoms with Gasteiger partial charge < -0.3 is 14.8 Å². The predicted octanol–water partition coefficient (Wildman–Crippen LogP) is 8.19. The van der Waals surface area contributed by atoms with Gasteiger partial charge in [0.05, 0.1) is 0 Å². The molecule has 0 aliphatic heterocycles. The average Bonchev–Trinajstić information content (AvgIpc) is 2.92. The third-order valence-corrected chi connectivity index (χ3v) is 14.0. The Kier molecular flexibility index (Phi) is 16.5. The molecule has 0 atom stereocenters. The predicted molar refractivity (Wildman–Crippen MR) is 159 cm³/mol. The average molecular weight is 551 g/mol. The Morgan fingerprint density at radius 1 is 0.649 bits per heavy atom. The van der Waals surface area contributed by atoms with Gasteiger partial charge in [0.25, 0.3) is 0 Å². The van der Waals surface area contributed by atoms with Gasteiger partial charge in [-0.1, -0.05) is 24.3 Å². The van der Waals surface area contributed by atoms with Crippen LogP contribution in [0.2, 0.25) is 0 Å². The topological polar surface area (TPSA) is 97.7 Å². The fourth-order valence-corrected chi connectivity index (χ4v) is 12.0. The van der Waals surface area contributed by atoms with Crippen molar-refractivity contribution in [1.29, 1.82) is 0 Å². The molecule has 0 radical (unpaired) electrons. The van der Waals surface area contributed by atoms with Crippen LogP contribution in [0.4, 0.5) is 0 Å². The normalized spacial score (nSPS) is 11.6. The molecule has 2 aromatic rings. The number of hydrogen-bond acceptors (Lipinski definition) is 3. The van der Waals surface area contributed by atoms with E-state index in [9.17, 15) is 14.1 Å². The van der Waals surface area contributed by atoms with E-state index in [-0.39, 0.29) is 20.9 Å². The summed E-state index contributed by atoms with van der Waals surface area (Å²) in [6.45, 7) is 9.44. The summed E-state index contributed by atoms with van der Waals surface area (Å²) in [5.74, 6) is -2.41. The second kappa shape index (κ2) is 18.4. The van der Waals surface area contributed by atoms with E-state index in [2.05, 4.69) is 27.7 Å². The van der Waals surface area contributed by atoms with Crippen LogP contribution in [0.3, 0.4) is 0 Å². The van der Waals surface area contributed by atoms with Crippen molar-refractivity contribution in [3.63, 3.8) is 0 Å². The van der Waals surface area contributed by atoms with Crippen LogP contribution in [0.25, 0.3) is 0 Å². The molecule has 0 bridgehead atoms. The molecule has 0 aromatic heterocycles. The summed E-state index contributed by atoms with van der Waals surface area (Å²) in [7, 11) is -0.879. The molecular weight excluding hydrogens is 503 g/mol. The standard InChI is InChI=1S/C16H37P.C14H10O5S/c1-5-9-13-17(14-10-6-2,15-11-7-3)16-12-8-4;15-13(16)9-5-1-3-7-11(9)20(19)12-8-4-2-6-10(12)14(17)18/h17H,5-16H2,1-4H3;1-8H,(H,15,16)(H,17,18). The van der Waals surface area contributed by atoms with Gasteiger partial charge in [-0.2, -0.15) is 0 Å². The number of carboxylic acid groups (broad SMARTS) is 2. The molecule has 5 nitrogen and oxygen atoms in total. The number of carboxylic acids is 2. The van der Waals surface area contributed by atoms with Gasteiger partial charge in [0.2, 0.25) is 0 Å². The number of rotatable bonds is 16. The molecule has 2 N–H and O–H groups in total. The van der Waals surface area contributed by atoms with E-state index in [4.69, 9.17) is 10.2 Å². The summed E-state index contributed by atoms with van der Waals surface area (Å²) in [6.07, 6.45) is 18.1. The summed E-state index contributed by atoms with van der Waals surface area (Å²) in [6, 6.07) is 11.7. The van der Waals surface area contributed by atoms with Crippen molar-refractivity contribution in [2.75, 3.05) is 24.6 Å². The van der Waals surface area contributed by atoms with Crippen LogP contribution >= 0.6 is 7.26 Å². The first kappa shape index (κ1) is 33.1. The largest absolute Gasteiger partial charge is 0.606 e. The minimum atomic E-state index is -1.87. The molecule has 208 valence electrons. The van der Waals surface area contributed by atoms with Crippen molar-refractivity contribution in [2.45, 2.75) is 88.9 Å². The summed E-state index contributed by atoms with van der Waals surface area (Å²) in [5, 5.41) is 18.2. The molecule has 0 saturated heterocycles. The van der Waals surface area contributed by atoms with Crippen LogP contribution < -0.4 is 0 Å². The van der Waals surface area contributed by atoms with Gasteiger partial charge in [0, 0.05) is 11.2 Å². The van der Waals surface area contributed by atoms with E-state index >= 15 is 0 Å². The van der Waals surface area contributed by atoms with E-state index in [1.54, 1.807) is 36.8 Å². The Bertz CT molecular complexity index is 854. The van der Waals surface area contributed by atoms with Gasteiger partial charge >= 0.3 is 123 Å². The van der Waals surface area contributed by atoms with Crippen LogP contribution in [-0.4, -0.2) is 51.4 Å². The third kappa shape index (κ3) is 11.2. The molecule has 0 fully saturated rings. The molecule has 0 heterocycles. The molecular formula is C30H47O5PS. The van der Waals surface area contributed by atoms with E-state index < -0.39 is 30.4 Å². The summed E-state index contributed by atoms with van der Waals surface area (Å²) in [4.78, 5) is 22.4. The summed E-state index contributed by atoms with van der Waals surface area (Å²) in [5.41, 5.74) is -0.211. The van der Waals surface area contributed by atoms with Crippen molar-refractivity contribution in [3.05, 3.63) is 59.7 Å². The van der Waals surface area contributed by atoms with Crippen LogP contribution in [0, 0.1) is 0 Å². The first-order valence-electron chi connectivity index (χ1n) is 13.8. The van der Waals surface area contributed by atoms with Gasteiger partial charge in [-0.05, 0) is 24.3 Å². The van der Waals surface area contributed by atoms with Gasteiger partial charge in [-0.15, -0.1) is 0 Å². The van der Waals surface area contributed by atoms with E-state index in [0.717, 1.165) is 0 Å². The Morgan fingerprint density at radius 2 is 0.946 bits per heavy atom. The van der Waals surface area contributed by atoms with Crippen molar-refractivity contribution < 1.29 is 24.4 Å². The Morgan fingerprint density at radius 3 is 1.22 bits per heavy atom. The third-order valence-electron chi connectivity index (χ3n) is 6.88. The minimum Gasteiger partial charge on any atom is -0.606 e. The van der Waals surface area contributed by atoms with Gasteiger partial charge in [-0.25, -0.2) is 9.59 Å². The van der Waals surface area contributed by atoms with Crippen molar-refractivity contribution >= 4 is 30.4 Å². The second-order valence-corrected chi connectivity index (χ2v) is 16.2. The molecule has 0 amide bonds. The smallest absolute Gasteiger partial charge is 0.340 e. The van der Waals surface area contributed by atoms with Gasteiger partial charge in [0.1, 0.15) is 11.1 Å². The van der Waals surface area contributed by atoms with Crippen LogP contribution in [0.5, 0.6) is 0 Å². The minimum absolute atomic E-state index is 0.0775. The van der Waals surface area contributed by atoms with E-state index in [1.807, 2.05) is 0 Å². The van der Waals surface area contributed by atoms with Crippen LogP contribution in [0.15, 0.2) is 58.3 Å². The first-order valence-corrected chi connectivity index (χ1v) is 17.8. The first-order chi connectivity index (χ1) is 17.8. The molecule has 37 heavy (non-hydrogen) atoms. The molecule has 7 heteroatoms. The maximum atomic E-state index is 12.5. The zero-order chi connectivity index (χ0) is 27.7. The fourth-order valence-electron chi connectivity index (χ4n) is 4.69. The number of unbranched alkanes of at least 4 members (excludes halogenated alkanes) is 4. The second-order valence-electron chi connectivity index (χ2n) is 9.79. The Hall–Kier alpha value is -1.88. The van der Waals surface area contributed by atoms with Crippen molar-refractivity contribution in [2.24, 2.45) is 0 Å². The van der Waals surface area contributed by atoms with Crippen molar-refractivity contribution in [1.82, 2.24) is 0 Å². The molecule has 0 unspecified atom stereocenters. The quantitative estimate of drug-likeness (QED) is 0.162. The zero-order valence-electron chi connectivity index (χ0n) is 23.1. The number of hydrogen-bond donors (Lipinski definition) is 2. The van der Waals surface area contributed by atoms with Crippen LogP contribution in [-0.2, 0) is 11.2 Å². The van der Waals surface area contributed by atoms with Crippen LogP contribution in [0.1, 0.15) is 99.8 Å². The molecule has 2 aromatic carbocycles. The molecule has 0 aliphatic carbocycles. The Balaban J connectivity index is 0.000000377. The fraction of sp³-hybridized carbons (Fsp3) is 0.533. The van der Waals surface area contributed by atoms with Gasteiger partial charge in [0.15, 0.2) is 9.79 Å². The van der Waals surface area contributed by atoms with Crippen molar-refractivity contribution in [3.8, 4) is 0 Å². The summed E-state index contributed by atoms with van der Waals surface area (Å²) < 4.78 is 12.5. The maximum Gasteiger partial charge on any atom is 0.340 e. The van der Waals surface area contributed by atoms with Gasteiger partial charge in [-0.3, -0.25) is 0 Å². The monoisotopic (exact) mass is 550 g/mol. The zero-order valence-corrected chi connectivity index (χ0v) is 24.9. The van der Waals surface area contributed by atoms with E-state index in [0.29, 0.717) is 0 Å². The molecule has 0 aliphatic rings. The molecule has 2 rings (SSSR count). The number of carbonyl (C=O) groups is 2. The Labute approximate surface area is 227 Å². The summed E-state index contributed by atoms with van der Waals surface area (Å²) >= 11 is -1.87. The van der Waals surface area contributed by atoms with E-state index in [1.165, 1.54) is 87.8 Å². The number of benzene rings is 2. The SMILES string of the molecule is CCCC[PH](CCCC)(CCCC)CCCC.O=C(O)c1ccccc1[S+]([O-])c1ccccc1C(=O)O.